The van der Waals surface area contributed by atoms with Gasteiger partial charge in [0.2, 0.25) is 0 Å². The van der Waals surface area contributed by atoms with Crippen molar-refractivity contribution >= 4 is 22.1 Å². The topological polar surface area (TPSA) is 72.3 Å². The van der Waals surface area contributed by atoms with Gasteiger partial charge in [-0.05, 0) is 36.0 Å². The molecule has 0 amide bonds. The predicted molar refractivity (Wildman–Crippen MR) is 158 cm³/mol. The number of pyridine rings is 1. The molecule has 0 fully saturated rings. The van der Waals surface area contributed by atoms with E-state index >= 15 is 0 Å². The van der Waals surface area contributed by atoms with Crippen molar-refractivity contribution in [1.82, 2.24) is 24.1 Å². The molecule has 0 aliphatic heterocycles. The second kappa shape index (κ2) is 13.8. The molecule has 0 bridgehead atoms. The standard InChI is InChI=1S/C22H17N4.C11H6F2N.CN.Ir/c1-25-19-12-5-3-10-17(19)23-21(25)15-8-7-9-16(14-15)22-24-18-11-4-6-13-20(18)26(22)2;12-8-4-5-9(10(13)7-8)11-3-1-2-6-14-11;1-2;/h3-13H,1-2H3;1-4,6-7H;;/q3*-1;+3. The van der Waals surface area contributed by atoms with Crippen molar-refractivity contribution in [1.29, 1.82) is 5.26 Å². The molecule has 9 heteroatoms. The van der Waals surface area contributed by atoms with Gasteiger partial charge < -0.3 is 26.0 Å². The van der Waals surface area contributed by atoms with Crippen LogP contribution in [-0.2, 0) is 34.2 Å². The molecule has 43 heavy (non-hydrogen) atoms. The van der Waals surface area contributed by atoms with E-state index in [2.05, 4.69) is 38.4 Å². The van der Waals surface area contributed by atoms with E-state index in [0.29, 0.717) is 5.69 Å². The summed E-state index contributed by atoms with van der Waals surface area (Å²) < 4.78 is 30.0. The second-order valence-corrected chi connectivity index (χ2v) is 9.20. The SMILES string of the molecule is Cn1c(-c2[c-]c(-c3nc4ccccc4n3C)ccc2)nc2ccccc21.Fc1c[c-]c(-c2ccccn2)c(F)c1.[C-]#N.[Ir+3]. The molecule has 0 saturated carbocycles. The summed E-state index contributed by atoms with van der Waals surface area (Å²) in [6.07, 6.45) is 1.55. The number of hydrogen-bond acceptors (Lipinski definition) is 4. The molecule has 0 aliphatic carbocycles. The van der Waals surface area contributed by atoms with Gasteiger partial charge in [-0.15, -0.1) is 36.4 Å². The molecule has 0 radical (unpaired) electrons. The average molecular weight is 746 g/mol. The number of halogens is 2. The van der Waals surface area contributed by atoms with Crippen molar-refractivity contribution < 1.29 is 28.9 Å². The number of aromatic nitrogens is 5. The number of nitrogens with zero attached hydrogens (tertiary/aromatic N) is 6. The number of aryl methyl sites for hydroxylation is 2. The van der Waals surface area contributed by atoms with Crippen LogP contribution in [0.4, 0.5) is 8.78 Å². The van der Waals surface area contributed by atoms with Gasteiger partial charge in [0, 0.05) is 31.9 Å². The van der Waals surface area contributed by atoms with Gasteiger partial charge in [-0.25, -0.2) is 0 Å². The molecule has 0 atom stereocenters. The summed E-state index contributed by atoms with van der Waals surface area (Å²) in [6, 6.07) is 35.5. The fourth-order valence-corrected chi connectivity index (χ4v) is 4.65. The maximum atomic E-state index is 13.2. The zero-order chi connectivity index (χ0) is 29.6. The number of fused-ring (bicyclic) bond motifs is 2. The molecule has 0 aliphatic rings. The van der Waals surface area contributed by atoms with Gasteiger partial charge in [0.25, 0.3) is 0 Å². The van der Waals surface area contributed by atoms with Crippen LogP contribution in [0.1, 0.15) is 0 Å². The molecule has 0 spiro atoms. The molecule has 4 aromatic carbocycles. The van der Waals surface area contributed by atoms with Crippen LogP contribution in [0.5, 0.6) is 0 Å². The molecule has 3 heterocycles. The van der Waals surface area contributed by atoms with Gasteiger partial charge in [-0.1, -0.05) is 59.2 Å². The summed E-state index contributed by atoms with van der Waals surface area (Å²) >= 11 is 0. The molecular formula is C34H23F2IrN6. The summed E-state index contributed by atoms with van der Waals surface area (Å²) in [4.78, 5) is 13.5. The minimum Gasteiger partial charge on any atom is -0.512 e. The number of rotatable bonds is 3. The summed E-state index contributed by atoms with van der Waals surface area (Å²) in [6.45, 7) is 4.75. The fraction of sp³-hybridized carbons (Fsp3) is 0.0588. The maximum Gasteiger partial charge on any atom is 3.00 e. The monoisotopic (exact) mass is 746 g/mol. The Morgan fingerprint density at radius 1 is 0.721 bits per heavy atom. The van der Waals surface area contributed by atoms with E-state index in [1.807, 2.05) is 68.7 Å². The first kappa shape index (κ1) is 30.9. The van der Waals surface area contributed by atoms with E-state index in [-0.39, 0.29) is 25.7 Å². The maximum absolute atomic E-state index is 13.2. The van der Waals surface area contributed by atoms with Crippen LogP contribution in [0.15, 0.2) is 103 Å². The van der Waals surface area contributed by atoms with Gasteiger partial charge in [-0.2, -0.15) is 0 Å². The van der Waals surface area contributed by atoms with E-state index in [0.717, 1.165) is 57.0 Å². The summed E-state index contributed by atoms with van der Waals surface area (Å²) in [7, 11) is 4.08. The number of para-hydroxylation sites is 4. The zero-order valence-corrected chi connectivity index (χ0v) is 25.5. The van der Waals surface area contributed by atoms with Crippen LogP contribution in [0, 0.1) is 35.6 Å². The van der Waals surface area contributed by atoms with Crippen molar-refractivity contribution in [3.63, 3.8) is 0 Å². The van der Waals surface area contributed by atoms with Crippen molar-refractivity contribution in [3.05, 3.63) is 134 Å². The first-order chi connectivity index (χ1) is 20.5. The molecular weight excluding hydrogens is 723 g/mol. The van der Waals surface area contributed by atoms with Crippen LogP contribution in [0.2, 0.25) is 0 Å². The Balaban J connectivity index is 0.000000212. The molecule has 0 unspecified atom stereocenters. The Kier molecular flexibility index (Phi) is 9.89. The van der Waals surface area contributed by atoms with E-state index in [9.17, 15) is 8.78 Å². The average Bonchev–Trinajstić information content (AvgIpc) is 3.56. The Morgan fingerprint density at radius 2 is 1.26 bits per heavy atom. The third-order valence-corrected chi connectivity index (χ3v) is 6.63. The predicted octanol–water partition coefficient (Wildman–Crippen LogP) is 7.52. The van der Waals surface area contributed by atoms with Crippen LogP contribution < -0.4 is 0 Å². The second-order valence-electron chi connectivity index (χ2n) is 9.20. The Hall–Kier alpha value is -5.03. The number of imidazole rings is 2. The molecule has 7 rings (SSSR count). The largest absolute Gasteiger partial charge is 3.00 e. The van der Waals surface area contributed by atoms with Crippen molar-refractivity contribution in [2.24, 2.45) is 14.1 Å². The summed E-state index contributed by atoms with van der Waals surface area (Å²) in [5.41, 5.74) is 6.78. The van der Waals surface area contributed by atoms with Crippen molar-refractivity contribution in [2.45, 2.75) is 0 Å². The first-order valence-corrected chi connectivity index (χ1v) is 12.9. The van der Waals surface area contributed by atoms with Crippen molar-refractivity contribution in [3.8, 4) is 34.0 Å². The minimum absolute atomic E-state index is 0. The molecule has 0 saturated heterocycles. The third-order valence-electron chi connectivity index (χ3n) is 6.63. The minimum atomic E-state index is -0.649. The van der Waals surface area contributed by atoms with Gasteiger partial charge in [-0.3, -0.25) is 18.7 Å². The Labute approximate surface area is 261 Å². The van der Waals surface area contributed by atoms with Gasteiger partial charge in [0.15, 0.2) is 0 Å². The molecule has 0 N–H and O–H groups in total. The molecule has 3 aromatic heterocycles. The molecule has 212 valence electrons. The number of benzene rings is 4. The Morgan fingerprint density at radius 3 is 1.74 bits per heavy atom. The summed E-state index contributed by atoms with van der Waals surface area (Å²) in [5, 5.41) is 6.25. The fourth-order valence-electron chi connectivity index (χ4n) is 4.65. The van der Waals surface area contributed by atoms with Crippen LogP contribution in [0.25, 0.3) is 56.1 Å². The zero-order valence-electron chi connectivity index (χ0n) is 23.1. The van der Waals surface area contributed by atoms with Crippen LogP contribution in [0.3, 0.4) is 0 Å². The smallest absolute Gasteiger partial charge is 0.512 e. The van der Waals surface area contributed by atoms with Crippen LogP contribution in [-0.4, -0.2) is 24.1 Å². The molecule has 6 nitrogen and oxygen atoms in total. The first-order valence-electron chi connectivity index (χ1n) is 12.9. The van der Waals surface area contributed by atoms with Gasteiger partial charge in [0.1, 0.15) is 0 Å². The van der Waals surface area contributed by atoms with E-state index in [4.69, 9.17) is 21.8 Å². The number of hydrogen-bond donors (Lipinski definition) is 0. The van der Waals surface area contributed by atoms with E-state index in [1.54, 1.807) is 24.4 Å². The van der Waals surface area contributed by atoms with E-state index in [1.165, 1.54) is 0 Å². The van der Waals surface area contributed by atoms with Crippen molar-refractivity contribution in [2.75, 3.05) is 0 Å². The summed E-state index contributed by atoms with van der Waals surface area (Å²) in [5.74, 6) is 0.532. The third kappa shape index (κ3) is 6.41. The van der Waals surface area contributed by atoms with Crippen LogP contribution >= 0.6 is 0 Å². The van der Waals surface area contributed by atoms with E-state index < -0.39 is 11.6 Å². The normalized spacial score (nSPS) is 10.3. The molecule has 7 aromatic rings. The van der Waals surface area contributed by atoms with Gasteiger partial charge >= 0.3 is 20.1 Å². The Bertz CT molecular complexity index is 1920. The van der Waals surface area contributed by atoms with Gasteiger partial charge in [0.05, 0.1) is 33.7 Å². The quantitative estimate of drug-likeness (QED) is 0.176.